The average molecular weight is 421 g/mol. The molecular formula is C24H27N3O4. The van der Waals surface area contributed by atoms with Crippen molar-refractivity contribution in [2.24, 2.45) is 12.5 Å². The van der Waals surface area contributed by atoms with Crippen LogP contribution in [0.15, 0.2) is 53.5 Å². The Kier molecular flexibility index (Phi) is 5.01. The summed E-state index contributed by atoms with van der Waals surface area (Å²) >= 11 is 0. The molecule has 7 heteroatoms. The number of rotatable bonds is 6. The van der Waals surface area contributed by atoms with Gasteiger partial charge in [0.25, 0.3) is 0 Å². The van der Waals surface area contributed by atoms with Gasteiger partial charge in [0.05, 0.1) is 35.6 Å². The van der Waals surface area contributed by atoms with Gasteiger partial charge in [-0.2, -0.15) is 0 Å². The summed E-state index contributed by atoms with van der Waals surface area (Å²) in [5.41, 5.74) is 2.88. The number of aliphatic hydroxyl groups excluding tert-OH is 1. The molecule has 2 N–H and O–H groups in total. The summed E-state index contributed by atoms with van der Waals surface area (Å²) in [6, 6.07) is 12.5. The zero-order valence-electron chi connectivity index (χ0n) is 18.2. The second kappa shape index (κ2) is 7.42. The number of para-hydroxylation sites is 2. The quantitative estimate of drug-likeness (QED) is 0.500. The largest absolute Gasteiger partial charge is 0.481 e. The first-order valence-electron chi connectivity index (χ1n) is 10.3. The van der Waals surface area contributed by atoms with Crippen LogP contribution in [-0.4, -0.2) is 36.5 Å². The molecule has 2 aromatic heterocycles. The SMILES string of the molecule is Cc1cccc2c1c(Cn1c(=O)n(C(CO)C(C)(C)C(=O)O)c3ccccc31)cn2C. The minimum absolute atomic E-state index is 0.333. The smallest absolute Gasteiger partial charge is 0.329 e. The van der Waals surface area contributed by atoms with E-state index in [1.165, 1.54) is 18.4 Å². The number of imidazole rings is 1. The normalized spacial score (nSPS) is 13.2. The van der Waals surface area contributed by atoms with Crippen molar-refractivity contribution in [3.63, 3.8) is 0 Å². The fourth-order valence-corrected chi connectivity index (χ4v) is 4.48. The highest BCUT2D eigenvalue weighted by Crippen LogP contribution is 2.33. The molecular weight excluding hydrogens is 394 g/mol. The second-order valence-electron chi connectivity index (χ2n) is 8.69. The molecule has 162 valence electrons. The molecule has 0 saturated carbocycles. The molecule has 1 atom stereocenters. The van der Waals surface area contributed by atoms with E-state index in [2.05, 4.69) is 19.1 Å². The molecule has 4 aromatic rings. The van der Waals surface area contributed by atoms with Gasteiger partial charge < -0.3 is 14.8 Å². The van der Waals surface area contributed by atoms with E-state index in [-0.39, 0.29) is 5.69 Å². The monoisotopic (exact) mass is 421 g/mol. The number of fused-ring (bicyclic) bond motifs is 2. The topological polar surface area (TPSA) is 89.4 Å². The van der Waals surface area contributed by atoms with Crippen LogP contribution >= 0.6 is 0 Å². The van der Waals surface area contributed by atoms with E-state index >= 15 is 0 Å². The Morgan fingerprint density at radius 1 is 1.06 bits per heavy atom. The molecule has 0 saturated heterocycles. The van der Waals surface area contributed by atoms with Gasteiger partial charge in [-0.1, -0.05) is 24.3 Å². The van der Waals surface area contributed by atoms with Crippen molar-refractivity contribution in [1.82, 2.24) is 13.7 Å². The number of carbonyl (C=O) groups is 1. The summed E-state index contributed by atoms with van der Waals surface area (Å²) in [6.07, 6.45) is 2.03. The van der Waals surface area contributed by atoms with Crippen molar-refractivity contribution in [2.45, 2.75) is 33.4 Å². The van der Waals surface area contributed by atoms with E-state index < -0.39 is 24.0 Å². The molecule has 4 rings (SSSR count). The number of hydrogen-bond donors (Lipinski definition) is 2. The van der Waals surface area contributed by atoms with Crippen LogP contribution in [0.5, 0.6) is 0 Å². The number of aliphatic carboxylic acids is 1. The van der Waals surface area contributed by atoms with Crippen molar-refractivity contribution < 1.29 is 15.0 Å². The molecule has 0 aliphatic rings. The molecule has 0 spiro atoms. The molecule has 0 amide bonds. The molecule has 0 aliphatic carbocycles. The maximum atomic E-state index is 13.6. The van der Waals surface area contributed by atoms with Gasteiger partial charge in [-0.3, -0.25) is 13.9 Å². The maximum Gasteiger partial charge on any atom is 0.329 e. The van der Waals surface area contributed by atoms with E-state index in [1.807, 2.05) is 42.1 Å². The third-order valence-corrected chi connectivity index (χ3v) is 6.37. The van der Waals surface area contributed by atoms with Crippen molar-refractivity contribution in [3.05, 3.63) is 70.3 Å². The second-order valence-corrected chi connectivity index (χ2v) is 8.69. The zero-order chi connectivity index (χ0) is 22.5. The Morgan fingerprint density at radius 2 is 1.71 bits per heavy atom. The Morgan fingerprint density at radius 3 is 2.35 bits per heavy atom. The predicted molar refractivity (Wildman–Crippen MR) is 120 cm³/mol. The Labute approximate surface area is 179 Å². The van der Waals surface area contributed by atoms with Gasteiger partial charge in [-0.05, 0) is 50.1 Å². The number of nitrogens with zero attached hydrogens (tertiary/aromatic N) is 3. The highest BCUT2D eigenvalue weighted by atomic mass is 16.4. The van der Waals surface area contributed by atoms with Crippen LogP contribution in [0.4, 0.5) is 0 Å². The van der Waals surface area contributed by atoms with Gasteiger partial charge >= 0.3 is 11.7 Å². The lowest BCUT2D eigenvalue weighted by atomic mass is 9.84. The fraction of sp³-hybridized carbons (Fsp3) is 0.333. The standard InChI is InChI=1S/C24H27N3O4/c1-15-8-7-11-19-21(15)16(12-25(19)4)13-26-17-9-5-6-10-18(17)27(23(26)31)20(14-28)24(2,3)22(29)30/h5-12,20,28H,13-14H2,1-4H3,(H,29,30). The lowest BCUT2D eigenvalue weighted by Crippen LogP contribution is -2.41. The van der Waals surface area contributed by atoms with Gasteiger partial charge in [0.15, 0.2) is 0 Å². The number of carboxylic acid groups (broad SMARTS) is 1. The summed E-state index contributed by atoms with van der Waals surface area (Å²) in [5, 5.41) is 20.9. The number of benzene rings is 2. The molecule has 7 nitrogen and oxygen atoms in total. The lowest BCUT2D eigenvalue weighted by Gasteiger charge is -2.29. The van der Waals surface area contributed by atoms with E-state index in [4.69, 9.17) is 0 Å². The number of aliphatic hydroxyl groups is 1. The maximum absolute atomic E-state index is 13.6. The van der Waals surface area contributed by atoms with Crippen LogP contribution in [-0.2, 0) is 18.4 Å². The fourth-order valence-electron chi connectivity index (χ4n) is 4.48. The van der Waals surface area contributed by atoms with Crippen molar-refractivity contribution in [1.29, 1.82) is 0 Å². The Bertz CT molecular complexity index is 1360. The first-order chi connectivity index (χ1) is 14.7. The van der Waals surface area contributed by atoms with Crippen LogP contribution in [0.2, 0.25) is 0 Å². The van der Waals surface area contributed by atoms with Crippen molar-refractivity contribution in [3.8, 4) is 0 Å². The third kappa shape index (κ3) is 3.16. The van der Waals surface area contributed by atoms with Gasteiger partial charge in [-0.25, -0.2) is 4.79 Å². The molecule has 0 bridgehead atoms. The highest BCUT2D eigenvalue weighted by molar-refractivity contribution is 5.87. The summed E-state index contributed by atoms with van der Waals surface area (Å²) in [5.74, 6) is -1.07. The summed E-state index contributed by atoms with van der Waals surface area (Å²) in [4.78, 5) is 25.5. The minimum Gasteiger partial charge on any atom is -0.481 e. The summed E-state index contributed by atoms with van der Waals surface area (Å²) < 4.78 is 5.14. The zero-order valence-corrected chi connectivity index (χ0v) is 18.2. The third-order valence-electron chi connectivity index (χ3n) is 6.37. The van der Waals surface area contributed by atoms with Crippen LogP contribution in [0, 0.1) is 12.3 Å². The van der Waals surface area contributed by atoms with Crippen LogP contribution in [0.25, 0.3) is 21.9 Å². The van der Waals surface area contributed by atoms with E-state index in [9.17, 15) is 19.8 Å². The Balaban J connectivity index is 1.95. The van der Waals surface area contributed by atoms with Gasteiger partial charge in [0.1, 0.15) is 0 Å². The van der Waals surface area contributed by atoms with E-state index in [1.54, 1.807) is 10.6 Å². The first kappa shape index (κ1) is 20.9. The van der Waals surface area contributed by atoms with Gasteiger partial charge in [-0.15, -0.1) is 0 Å². The van der Waals surface area contributed by atoms with Gasteiger partial charge in [0, 0.05) is 24.1 Å². The van der Waals surface area contributed by atoms with Crippen molar-refractivity contribution >= 4 is 27.9 Å². The number of carboxylic acids is 1. The number of hydrogen-bond acceptors (Lipinski definition) is 3. The van der Waals surface area contributed by atoms with Crippen LogP contribution < -0.4 is 5.69 Å². The van der Waals surface area contributed by atoms with Gasteiger partial charge in [0.2, 0.25) is 0 Å². The molecule has 0 radical (unpaired) electrons. The lowest BCUT2D eigenvalue weighted by molar-refractivity contribution is -0.150. The highest BCUT2D eigenvalue weighted by Gasteiger charge is 2.40. The predicted octanol–water partition coefficient (Wildman–Crippen LogP) is 3.30. The van der Waals surface area contributed by atoms with E-state index in [0.29, 0.717) is 17.6 Å². The molecule has 1 unspecified atom stereocenters. The van der Waals surface area contributed by atoms with E-state index in [0.717, 1.165) is 22.0 Å². The average Bonchev–Trinajstić information content (AvgIpc) is 3.19. The number of aryl methyl sites for hydroxylation is 2. The Hall–Kier alpha value is -3.32. The molecule has 31 heavy (non-hydrogen) atoms. The summed E-state index contributed by atoms with van der Waals surface area (Å²) in [6.45, 7) is 5.00. The minimum atomic E-state index is -1.33. The summed E-state index contributed by atoms with van der Waals surface area (Å²) in [7, 11) is 1.98. The molecule has 0 fully saturated rings. The van der Waals surface area contributed by atoms with Crippen LogP contribution in [0.3, 0.4) is 0 Å². The van der Waals surface area contributed by atoms with Crippen LogP contribution in [0.1, 0.15) is 31.0 Å². The molecule has 0 aliphatic heterocycles. The first-order valence-corrected chi connectivity index (χ1v) is 10.3. The van der Waals surface area contributed by atoms with Crippen molar-refractivity contribution in [2.75, 3.05) is 6.61 Å². The molecule has 2 aromatic carbocycles. The molecule has 2 heterocycles. The number of aromatic nitrogens is 3.